The van der Waals surface area contributed by atoms with Gasteiger partial charge in [-0.1, -0.05) is 11.8 Å². The zero-order valence-electron chi connectivity index (χ0n) is 9.99. The van der Waals surface area contributed by atoms with E-state index in [2.05, 4.69) is 17.2 Å². The molecule has 0 aliphatic rings. The average Bonchev–Trinajstić information content (AvgIpc) is 2.78. The van der Waals surface area contributed by atoms with Gasteiger partial charge in [0.1, 0.15) is 5.58 Å². The number of furan rings is 1. The van der Waals surface area contributed by atoms with Gasteiger partial charge in [0.05, 0.1) is 0 Å². The zero-order chi connectivity index (χ0) is 13.0. The number of benzene rings is 1. The first-order valence-electron chi connectivity index (χ1n) is 5.61. The molecule has 2 aromatic rings. The Morgan fingerprint density at radius 3 is 3.00 bits per heavy atom. The number of carbonyl (C=O) groups is 1. The molecular weight excluding hydrogens is 230 g/mol. The van der Waals surface area contributed by atoms with Crippen LogP contribution in [0, 0.1) is 11.8 Å². The molecule has 0 saturated heterocycles. The van der Waals surface area contributed by atoms with E-state index in [9.17, 15) is 4.79 Å². The number of rotatable bonds is 3. The fourth-order valence-electron chi connectivity index (χ4n) is 1.58. The van der Waals surface area contributed by atoms with Gasteiger partial charge in [0.2, 0.25) is 5.76 Å². The smallest absolute Gasteiger partial charge is 0.371 e. The van der Waals surface area contributed by atoms with Crippen LogP contribution in [0.5, 0.6) is 0 Å². The number of fused-ring (bicyclic) bond motifs is 1. The van der Waals surface area contributed by atoms with Crippen LogP contribution in [0.15, 0.2) is 28.7 Å². The Balaban J connectivity index is 2.26. The lowest BCUT2D eigenvalue weighted by atomic mass is 10.1. The van der Waals surface area contributed by atoms with E-state index < -0.39 is 5.97 Å². The van der Waals surface area contributed by atoms with E-state index in [4.69, 9.17) is 9.52 Å². The average molecular weight is 243 g/mol. The Hall–Kier alpha value is -2.25. The monoisotopic (exact) mass is 243 g/mol. The molecule has 2 rings (SSSR count). The summed E-state index contributed by atoms with van der Waals surface area (Å²) < 4.78 is 5.17. The highest BCUT2D eigenvalue weighted by Crippen LogP contribution is 2.20. The minimum absolute atomic E-state index is 0.0507. The van der Waals surface area contributed by atoms with Crippen molar-refractivity contribution in [2.45, 2.75) is 6.42 Å². The van der Waals surface area contributed by atoms with Crippen LogP contribution in [-0.4, -0.2) is 24.7 Å². The van der Waals surface area contributed by atoms with E-state index in [1.807, 2.05) is 19.2 Å². The summed E-state index contributed by atoms with van der Waals surface area (Å²) in [5, 5.41) is 12.6. The van der Waals surface area contributed by atoms with E-state index in [1.54, 1.807) is 6.07 Å². The minimum Gasteiger partial charge on any atom is -0.475 e. The molecule has 0 aliphatic heterocycles. The second-order valence-electron chi connectivity index (χ2n) is 3.82. The van der Waals surface area contributed by atoms with Crippen molar-refractivity contribution in [1.29, 1.82) is 0 Å². The molecule has 18 heavy (non-hydrogen) atoms. The summed E-state index contributed by atoms with van der Waals surface area (Å²) in [6.07, 6.45) is 0.778. The predicted octanol–water partition coefficient (Wildman–Crippen LogP) is 2.09. The van der Waals surface area contributed by atoms with E-state index in [1.165, 1.54) is 6.07 Å². The molecule has 2 N–H and O–H groups in total. The number of hydrogen-bond donors (Lipinski definition) is 2. The lowest BCUT2D eigenvalue weighted by Gasteiger charge is -1.91. The molecular formula is C14H13NO3. The predicted molar refractivity (Wildman–Crippen MR) is 68.6 cm³/mol. The number of nitrogens with one attached hydrogen (secondary N) is 1. The van der Waals surface area contributed by atoms with Gasteiger partial charge < -0.3 is 14.8 Å². The molecule has 4 nitrogen and oxygen atoms in total. The van der Waals surface area contributed by atoms with E-state index in [-0.39, 0.29) is 5.76 Å². The lowest BCUT2D eigenvalue weighted by Crippen LogP contribution is -2.05. The summed E-state index contributed by atoms with van der Waals surface area (Å²) in [5.74, 6) is 4.96. The maximum atomic E-state index is 10.8. The largest absolute Gasteiger partial charge is 0.475 e. The molecule has 0 unspecified atom stereocenters. The first-order valence-corrected chi connectivity index (χ1v) is 5.61. The number of aromatic carboxylic acids is 1. The summed E-state index contributed by atoms with van der Waals surface area (Å²) in [4.78, 5) is 10.8. The van der Waals surface area contributed by atoms with Gasteiger partial charge in [-0.15, -0.1) is 0 Å². The van der Waals surface area contributed by atoms with Crippen molar-refractivity contribution in [2.75, 3.05) is 13.6 Å². The standard InChI is InChI=1S/C14H13NO3/c1-15-7-3-2-4-10-5-6-12-11(8-10)9-13(18-12)14(16)17/h5-6,8-9,15H,3,7H2,1H3,(H,16,17). The molecule has 0 fully saturated rings. The summed E-state index contributed by atoms with van der Waals surface area (Å²) in [6, 6.07) is 6.90. The summed E-state index contributed by atoms with van der Waals surface area (Å²) >= 11 is 0. The Morgan fingerprint density at radius 2 is 2.28 bits per heavy atom. The second-order valence-corrected chi connectivity index (χ2v) is 3.82. The van der Waals surface area contributed by atoms with E-state index >= 15 is 0 Å². The fraction of sp³-hybridized carbons (Fsp3) is 0.214. The highest BCUT2D eigenvalue weighted by Gasteiger charge is 2.09. The summed E-state index contributed by atoms with van der Waals surface area (Å²) in [6.45, 7) is 0.851. The topological polar surface area (TPSA) is 62.5 Å². The Labute approximate surface area is 105 Å². The highest BCUT2D eigenvalue weighted by atomic mass is 16.4. The molecule has 92 valence electrons. The van der Waals surface area contributed by atoms with Crippen LogP contribution in [0.3, 0.4) is 0 Å². The second kappa shape index (κ2) is 5.39. The Bertz CT molecular complexity index is 631. The summed E-state index contributed by atoms with van der Waals surface area (Å²) in [7, 11) is 1.88. The molecule has 4 heteroatoms. The molecule has 0 spiro atoms. The summed E-state index contributed by atoms with van der Waals surface area (Å²) in [5.41, 5.74) is 1.42. The number of hydrogen-bond acceptors (Lipinski definition) is 3. The Morgan fingerprint density at radius 1 is 1.44 bits per heavy atom. The minimum atomic E-state index is -1.06. The van der Waals surface area contributed by atoms with Gasteiger partial charge in [-0.25, -0.2) is 4.79 Å². The van der Waals surface area contributed by atoms with Crippen LogP contribution in [0.4, 0.5) is 0 Å². The van der Waals surface area contributed by atoms with Gasteiger partial charge in [0.25, 0.3) is 0 Å². The van der Waals surface area contributed by atoms with Crippen molar-refractivity contribution < 1.29 is 14.3 Å². The molecule has 0 bridgehead atoms. The Kier molecular flexibility index (Phi) is 3.66. The molecule has 0 atom stereocenters. The SMILES string of the molecule is CNCCC#Cc1ccc2oc(C(=O)O)cc2c1. The zero-order valence-corrected chi connectivity index (χ0v) is 9.99. The van der Waals surface area contributed by atoms with E-state index in [0.29, 0.717) is 5.58 Å². The fourth-order valence-corrected chi connectivity index (χ4v) is 1.58. The molecule has 0 saturated carbocycles. The highest BCUT2D eigenvalue weighted by molar-refractivity contribution is 5.91. The first kappa shape index (κ1) is 12.2. The van der Waals surface area contributed by atoms with Crippen LogP contribution in [-0.2, 0) is 0 Å². The maximum Gasteiger partial charge on any atom is 0.371 e. The van der Waals surface area contributed by atoms with Crippen LogP contribution < -0.4 is 5.32 Å². The molecule has 1 heterocycles. The molecule has 0 aliphatic carbocycles. The normalized spacial score (nSPS) is 10.1. The van der Waals surface area contributed by atoms with Crippen molar-refractivity contribution >= 4 is 16.9 Å². The third-order valence-electron chi connectivity index (χ3n) is 2.46. The van der Waals surface area contributed by atoms with Crippen molar-refractivity contribution in [2.24, 2.45) is 0 Å². The quantitative estimate of drug-likeness (QED) is 0.640. The maximum absolute atomic E-state index is 10.8. The third-order valence-corrected chi connectivity index (χ3v) is 2.46. The van der Waals surface area contributed by atoms with Gasteiger partial charge in [0, 0.05) is 23.9 Å². The van der Waals surface area contributed by atoms with Gasteiger partial charge in [-0.2, -0.15) is 0 Å². The van der Waals surface area contributed by atoms with Crippen LogP contribution >= 0.6 is 0 Å². The first-order chi connectivity index (χ1) is 8.70. The number of carboxylic acid groups (broad SMARTS) is 1. The van der Waals surface area contributed by atoms with Crippen LogP contribution in [0.25, 0.3) is 11.0 Å². The molecule has 1 aromatic heterocycles. The molecule has 1 aromatic carbocycles. The van der Waals surface area contributed by atoms with Crippen molar-refractivity contribution in [3.05, 3.63) is 35.6 Å². The van der Waals surface area contributed by atoms with E-state index in [0.717, 1.165) is 23.9 Å². The third kappa shape index (κ3) is 2.70. The van der Waals surface area contributed by atoms with Gasteiger partial charge in [-0.3, -0.25) is 0 Å². The van der Waals surface area contributed by atoms with Crippen molar-refractivity contribution in [3.63, 3.8) is 0 Å². The van der Waals surface area contributed by atoms with Crippen LogP contribution in [0.1, 0.15) is 22.5 Å². The molecule has 0 radical (unpaired) electrons. The number of carboxylic acids is 1. The molecule has 0 amide bonds. The van der Waals surface area contributed by atoms with Crippen molar-refractivity contribution in [3.8, 4) is 11.8 Å². The van der Waals surface area contributed by atoms with Gasteiger partial charge in [0.15, 0.2) is 0 Å². The van der Waals surface area contributed by atoms with Crippen molar-refractivity contribution in [1.82, 2.24) is 5.32 Å². The lowest BCUT2D eigenvalue weighted by molar-refractivity contribution is 0.0665. The van der Waals surface area contributed by atoms with Gasteiger partial charge >= 0.3 is 5.97 Å². The van der Waals surface area contributed by atoms with Gasteiger partial charge in [-0.05, 0) is 31.3 Å². The van der Waals surface area contributed by atoms with Crippen LogP contribution in [0.2, 0.25) is 0 Å².